The van der Waals surface area contributed by atoms with Crippen molar-refractivity contribution in [3.63, 3.8) is 0 Å². The molecule has 0 atom stereocenters. The number of hydrogen-bond donors (Lipinski definition) is 3. The highest BCUT2D eigenvalue weighted by molar-refractivity contribution is 5.89. The minimum atomic E-state index is -0.950. The molecule has 0 radical (unpaired) electrons. The summed E-state index contributed by atoms with van der Waals surface area (Å²) in [7, 11) is 1.42. The molecule has 1 aliphatic heterocycles. The first-order valence-electron chi connectivity index (χ1n) is 7.29. The maximum atomic E-state index is 12.2. The molecule has 2 heterocycles. The molecule has 11 nitrogen and oxygen atoms in total. The van der Waals surface area contributed by atoms with Gasteiger partial charge in [-0.2, -0.15) is 4.48 Å². The zero-order chi connectivity index (χ0) is 18.4. The number of fused-ring (bicyclic) bond motifs is 1. The summed E-state index contributed by atoms with van der Waals surface area (Å²) in [6.07, 6.45) is 0. The zero-order valence-electron chi connectivity index (χ0n) is 13.1. The van der Waals surface area contributed by atoms with Gasteiger partial charge in [0.05, 0.1) is 23.0 Å². The van der Waals surface area contributed by atoms with Crippen molar-refractivity contribution in [3.8, 4) is 0 Å². The Balaban J connectivity index is 2.23. The van der Waals surface area contributed by atoms with Gasteiger partial charge in [0.15, 0.2) is 0 Å². The van der Waals surface area contributed by atoms with Crippen LogP contribution in [0.1, 0.15) is 5.56 Å². The molecule has 1 fully saturated rings. The molecule has 2 amide bonds. The second kappa shape index (κ2) is 5.72. The van der Waals surface area contributed by atoms with Crippen LogP contribution in [0.3, 0.4) is 0 Å². The summed E-state index contributed by atoms with van der Waals surface area (Å²) in [5.41, 5.74) is -1.79. The number of nitrogens with one attached hydrogen (secondary N) is 3. The van der Waals surface area contributed by atoms with E-state index in [1.54, 1.807) is 0 Å². The number of rotatable bonds is 3. The summed E-state index contributed by atoms with van der Waals surface area (Å²) in [6.45, 7) is -0.204. The third-order valence-corrected chi connectivity index (χ3v) is 4.25. The highest BCUT2D eigenvalue weighted by Gasteiger charge is 2.43. The van der Waals surface area contributed by atoms with Crippen LogP contribution in [-0.4, -0.2) is 51.3 Å². The zero-order valence-corrected chi connectivity index (χ0v) is 13.1. The Morgan fingerprint density at radius 1 is 1.08 bits per heavy atom. The lowest BCUT2D eigenvalue weighted by Crippen LogP contribution is -2.63. The minimum Gasteiger partial charge on any atom is -0.316 e. The number of aromatic nitrogens is 2. The molecule has 0 unspecified atom stereocenters. The molecule has 130 valence electrons. The fraction of sp³-hybridized carbons (Fsp3) is 0.286. The number of nitro groups is 1. The van der Waals surface area contributed by atoms with Gasteiger partial charge in [-0.15, -0.1) is 0 Å². The van der Waals surface area contributed by atoms with Crippen molar-refractivity contribution in [2.24, 2.45) is 0 Å². The first-order valence-corrected chi connectivity index (χ1v) is 7.29. The monoisotopic (exact) mass is 348 g/mol. The van der Waals surface area contributed by atoms with Crippen molar-refractivity contribution >= 4 is 28.5 Å². The van der Waals surface area contributed by atoms with E-state index in [1.807, 2.05) is 0 Å². The van der Waals surface area contributed by atoms with Crippen LogP contribution in [0.5, 0.6) is 0 Å². The van der Waals surface area contributed by atoms with Crippen LogP contribution in [0.2, 0.25) is 0 Å². The van der Waals surface area contributed by atoms with Gasteiger partial charge < -0.3 is 9.97 Å². The number of carbonyl (C=O) groups is 2. The highest BCUT2D eigenvalue weighted by atomic mass is 16.6. The Labute approximate surface area is 139 Å². The van der Waals surface area contributed by atoms with Gasteiger partial charge in [0.1, 0.15) is 19.6 Å². The average molecular weight is 348 g/mol. The van der Waals surface area contributed by atoms with Crippen LogP contribution >= 0.6 is 0 Å². The first kappa shape index (κ1) is 16.7. The number of nitro benzene ring substituents is 1. The number of piperazine rings is 1. The van der Waals surface area contributed by atoms with E-state index in [0.717, 1.165) is 6.07 Å². The van der Waals surface area contributed by atoms with Crippen LogP contribution < -0.4 is 16.4 Å². The van der Waals surface area contributed by atoms with Gasteiger partial charge in [-0.1, -0.05) is 0 Å². The maximum absolute atomic E-state index is 12.2. The van der Waals surface area contributed by atoms with Gasteiger partial charge in [0, 0.05) is 17.7 Å². The summed E-state index contributed by atoms with van der Waals surface area (Å²) in [5, 5.41) is 13.8. The number of H-pyrrole nitrogens is 2. The smallest absolute Gasteiger partial charge is 0.316 e. The number of quaternary nitrogens is 1. The molecule has 1 aromatic heterocycles. The summed E-state index contributed by atoms with van der Waals surface area (Å²) in [4.78, 5) is 62.7. The third-order valence-electron chi connectivity index (χ3n) is 4.25. The van der Waals surface area contributed by atoms with Gasteiger partial charge in [0.25, 0.3) is 5.69 Å². The summed E-state index contributed by atoms with van der Waals surface area (Å²) >= 11 is 0. The molecule has 3 rings (SSSR count). The van der Waals surface area contributed by atoms with Crippen LogP contribution in [-0.2, 0) is 16.1 Å². The number of non-ortho nitro benzene ring substituents is 1. The van der Waals surface area contributed by atoms with Crippen LogP contribution in [0.4, 0.5) is 5.69 Å². The summed E-state index contributed by atoms with van der Waals surface area (Å²) in [6, 6.07) is 2.29. The molecule has 25 heavy (non-hydrogen) atoms. The molecule has 3 N–H and O–H groups in total. The molecule has 11 heteroatoms. The Kier molecular flexibility index (Phi) is 3.81. The lowest BCUT2D eigenvalue weighted by Gasteiger charge is -2.32. The Morgan fingerprint density at radius 3 is 2.28 bits per heavy atom. The van der Waals surface area contributed by atoms with Gasteiger partial charge >= 0.3 is 22.9 Å². The first-order chi connectivity index (χ1) is 11.7. The second-order valence-electron chi connectivity index (χ2n) is 5.93. The van der Waals surface area contributed by atoms with E-state index in [4.69, 9.17) is 0 Å². The van der Waals surface area contributed by atoms with Crippen LogP contribution in [0, 0.1) is 10.1 Å². The SMILES string of the molecule is C[N+]1(Cc2cc([N+](=O)[O-])cc3[nH]c(=O)c(=O)[nH]c23)C(=O)CNCC1=O. The molecule has 0 spiro atoms. The Morgan fingerprint density at radius 2 is 1.68 bits per heavy atom. The van der Waals surface area contributed by atoms with E-state index in [0.29, 0.717) is 0 Å². The van der Waals surface area contributed by atoms with Gasteiger partial charge in [0.2, 0.25) is 0 Å². The molecule has 2 aromatic rings. The average Bonchev–Trinajstić information content (AvgIpc) is 2.54. The normalized spacial score (nSPS) is 17.0. The van der Waals surface area contributed by atoms with E-state index in [9.17, 15) is 29.3 Å². The molecule has 0 saturated carbocycles. The van der Waals surface area contributed by atoms with Crippen molar-refractivity contribution in [3.05, 3.63) is 48.5 Å². The molecular weight excluding hydrogens is 334 g/mol. The van der Waals surface area contributed by atoms with Crippen molar-refractivity contribution < 1.29 is 19.0 Å². The van der Waals surface area contributed by atoms with Crippen LogP contribution in [0.25, 0.3) is 11.0 Å². The fourth-order valence-corrected chi connectivity index (χ4v) is 2.79. The van der Waals surface area contributed by atoms with Crippen molar-refractivity contribution in [2.75, 3.05) is 20.1 Å². The number of likely N-dealkylation sites (N-methyl/N-ethyl adjacent to an activating group) is 1. The van der Waals surface area contributed by atoms with Gasteiger partial charge in [-0.05, 0) is 0 Å². The quantitative estimate of drug-likeness (QED) is 0.205. The number of aromatic amines is 2. The summed E-state index contributed by atoms with van der Waals surface area (Å²) < 4.78 is -0.593. The highest BCUT2D eigenvalue weighted by Crippen LogP contribution is 2.25. The number of amides is 2. The number of imide groups is 1. The second-order valence-corrected chi connectivity index (χ2v) is 5.93. The largest absolute Gasteiger partial charge is 0.335 e. The standard InChI is InChI=1S/C14H13N5O6/c1-19(10(20)4-15-5-11(19)21)6-7-2-8(18(24)25)3-9-12(7)17-14(23)13(22)16-9/h2-3,15H,4-6H2,1H3,(H-,16,17,22,23)/p+1. The predicted octanol–water partition coefficient (Wildman–Crippen LogP) is -1.27. The molecule has 0 bridgehead atoms. The van der Waals surface area contributed by atoms with Crippen LogP contribution in [0.15, 0.2) is 21.7 Å². The van der Waals surface area contributed by atoms with E-state index >= 15 is 0 Å². The molecule has 1 aromatic carbocycles. The predicted molar refractivity (Wildman–Crippen MR) is 84.6 cm³/mol. The Hall–Kier alpha value is -3.18. The van der Waals surface area contributed by atoms with E-state index in [1.165, 1.54) is 13.1 Å². The minimum absolute atomic E-state index is 0.0115. The molecular formula is C14H14N5O6+. The topological polar surface area (TPSA) is 155 Å². The van der Waals surface area contributed by atoms with Crippen molar-refractivity contribution in [1.82, 2.24) is 15.3 Å². The number of benzene rings is 1. The molecule has 1 aliphatic rings. The van der Waals surface area contributed by atoms with Crippen molar-refractivity contribution in [2.45, 2.75) is 6.54 Å². The lowest BCUT2D eigenvalue weighted by molar-refractivity contribution is -0.773. The lowest BCUT2D eigenvalue weighted by atomic mass is 10.1. The maximum Gasteiger partial charge on any atom is 0.335 e. The molecule has 1 saturated heterocycles. The van der Waals surface area contributed by atoms with Crippen molar-refractivity contribution in [1.29, 1.82) is 0 Å². The summed E-state index contributed by atoms with van der Waals surface area (Å²) in [5.74, 6) is -0.801. The van der Waals surface area contributed by atoms with Gasteiger partial charge in [-0.25, -0.2) is 9.59 Å². The Bertz CT molecular complexity index is 1020. The number of hydrogen-bond acceptors (Lipinski definition) is 7. The number of carbonyl (C=O) groups excluding carboxylic acids is 2. The fourth-order valence-electron chi connectivity index (χ4n) is 2.79. The van der Waals surface area contributed by atoms with E-state index in [2.05, 4.69) is 15.3 Å². The molecule has 0 aliphatic carbocycles. The number of nitrogens with zero attached hydrogens (tertiary/aromatic N) is 2. The van der Waals surface area contributed by atoms with E-state index < -0.39 is 32.3 Å². The third kappa shape index (κ3) is 2.75. The van der Waals surface area contributed by atoms with E-state index in [-0.39, 0.29) is 41.9 Å². The van der Waals surface area contributed by atoms with Gasteiger partial charge in [-0.3, -0.25) is 25.0 Å².